The van der Waals surface area contributed by atoms with Gasteiger partial charge in [-0.2, -0.15) is 0 Å². The van der Waals surface area contributed by atoms with Gasteiger partial charge in [0, 0.05) is 5.56 Å². The molecule has 0 amide bonds. The summed E-state index contributed by atoms with van der Waals surface area (Å²) in [5.74, 6) is 0.709. The maximum absolute atomic E-state index is 6.35. The summed E-state index contributed by atoms with van der Waals surface area (Å²) in [7, 11) is 0. The van der Waals surface area contributed by atoms with Gasteiger partial charge in [-0.15, -0.1) is 0 Å². The number of nitrogens with two attached hydrogens (primary N) is 2. The van der Waals surface area contributed by atoms with Gasteiger partial charge in [0.15, 0.2) is 5.72 Å². The van der Waals surface area contributed by atoms with Crippen LogP contribution in [-0.4, -0.2) is 6.04 Å². The van der Waals surface area contributed by atoms with Crippen molar-refractivity contribution in [1.29, 1.82) is 0 Å². The van der Waals surface area contributed by atoms with Gasteiger partial charge in [0.05, 0.1) is 6.04 Å². The van der Waals surface area contributed by atoms with Gasteiger partial charge in [0.25, 0.3) is 0 Å². The van der Waals surface area contributed by atoms with Crippen LogP contribution in [0.3, 0.4) is 0 Å². The standard InChI is InChI=1S/C15H18N2O/c1-12(16)15(17,13-8-4-2-5-9-13)18-14-10-6-3-7-11-14/h2-12H,16-17H2,1H3. The van der Waals surface area contributed by atoms with Crippen LogP contribution in [0.1, 0.15) is 12.5 Å². The van der Waals surface area contributed by atoms with E-state index in [1.807, 2.05) is 67.6 Å². The molecule has 18 heavy (non-hydrogen) atoms. The summed E-state index contributed by atoms with van der Waals surface area (Å²) in [5.41, 5.74) is 12.2. The minimum Gasteiger partial charge on any atom is -0.467 e. The second-order valence-electron chi connectivity index (χ2n) is 4.36. The van der Waals surface area contributed by atoms with Crippen LogP contribution >= 0.6 is 0 Å². The van der Waals surface area contributed by atoms with Crippen molar-refractivity contribution in [2.24, 2.45) is 11.5 Å². The Morgan fingerprint density at radius 1 is 0.944 bits per heavy atom. The highest BCUT2D eigenvalue weighted by Gasteiger charge is 2.34. The van der Waals surface area contributed by atoms with Crippen LogP contribution in [0.5, 0.6) is 5.75 Å². The molecule has 2 aromatic carbocycles. The molecule has 0 fully saturated rings. The van der Waals surface area contributed by atoms with Crippen molar-refractivity contribution in [2.45, 2.75) is 18.7 Å². The first-order chi connectivity index (χ1) is 8.63. The lowest BCUT2D eigenvalue weighted by Gasteiger charge is -2.34. The smallest absolute Gasteiger partial charge is 0.199 e. The average Bonchev–Trinajstić information content (AvgIpc) is 2.40. The van der Waals surface area contributed by atoms with E-state index in [2.05, 4.69) is 0 Å². The summed E-state index contributed by atoms with van der Waals surface area (Å²) in [6, 6.07) is 18.8. The summed E-state index contributed by atoms with van der Waals surface area (Å²) < 4.78 is 5.90. The van der Waals surface area contributed by atoms with Crippen LogP contribution < -0.4 is 16.2 Å². The molecule has 0 radical (unpaired) electrons. The monoisotopic (exact) mass is 242 g/mol. The second-order valence-corrected chi connectivity index (χ2v) is 4.36. The van der Waals surface area contributed by atoms with Crippen molar-refractivity contribution in [3.05, 3.63) is 66.2 Å². The van der Waals surface area contributed by atoms with Crippen LogP contribution in [0.25, 0.3) is 0 Å². The van der Waals surface area contributed by atoms with Crippen molar-refractivity contribution in [1.82, 2.24) is 0 Å². The summed E-state index contributed by atoms with van der Waals surface area (Å²) in [4.78, 5) is 0. The topological polar surface area (TPSA) is 61.3 Å². The molecule has 2 unspecified atom stereocenters. The SMILES string of the molecule is CC(N)C(N)(Oc1ccccc1)c1ccccc1. The van der Waals surface area contributed by atoms with Crippen LogP contribution in [0.4, 0.5) is 0 Å². The van der Waals surface area contributed by atoms with Crippen molar-refractivity contribution < 1.29 is 4.74 Å². The predicted octanol–water partition coefficient (Wildman–Crippen LogP) is 2.22. The molecule has 3 nitrogen and oxygen atoms in total. The van der Waals surface area contributed by atoms with E-state index in [0.29, 0.717) is 5.75 Å². The van der Waals surface area contributed by atoms with Crippen molar-refractivity contribution >= 4 is 0 Å². The molecule has 0 aliphatic carbocycles. The van der Waals surface area contributed by atoms with Crippen molar-refractivity contribution in [3.63, 3.8) is 0 Å². The Bertz CT molecular complexity index is 484. The first-order valence-corrected chi connectivity index (χ1v) is 5.97. The Labute approximate surface area is 107 Å². The Morgan fingerprint density at radius 2 is 1.44 bits per heavy atom. The summed E-state index contributed by atoms with van der Waals surface area (Å²) >= 11 is 0. The van der Waals surface area contributed by atoms with E-state index in [1.165, 1.54) is 0 Å². The Balaban J connectivity index is 2.34. The molecule has 0 aromatic heterocycles. The lowest BCUT2D eigenvalue weighted by molar-refractivity contribution is 0.0502. The van der Waals surface area contributed by atoms with Crippen LogP contribution in [0.15, 0.2) is 60.7 Å². The van der Waals surface area contributed by atoms with Gasteiger partial charge in [0.2, 0.25) is 0 Å². The van der Waals surface area contributed by atoms with Crippen LogP contribution in [0, 0.1) is 0 Å². The van der Waals surface area contributed by atoms with E-state index < -0.39 is 5.72 Å². The van der Waals surface area contributed by atoms with E-state index in [4.69, 9.17) is 16.2 Å². The van der Waals surface area contributed by atoms with Gasteiger partial charge in [-0.1, -0.05) is 48.5 Å². The molecule has 0 saturated carbocycles. The molecule has 0 spiro atoms. The maximum Gasteiger partial charge on any atom is 0.199 e. The fourth-order valence-corrected chi connectivity index (χ4v) is 1.80. The average molecular weight is 242 g/mol. The molecule has 0 bridgehead atoms. The van der Waals surface area contributed by atoms with Gasteiger partial charge in [-0.3, -0.25) is 5.73 Å². The number of para-hydroxylation sites is 1. The summed E-state index contributed by atoms with van der Waals surface area (Å²) in [6.07, 6.45) is 0. The zero-order chi connectivity index (χ0) is 13.0. The van der Waals surface area contributed by atoms with Crippen LogP contribution in [0.2, 0.25) is 0 Å². The molecular weight excluding hydrogens is 224 g/mol. The van der Waals surface area contributed by atoms with Gasteiger partial charge in [-0.25, -0.2) is 0 Å². The van der Waals surface area contributed by atoms with E-state index in [-0.39, 0.29) is 6.04 Å². The molecule has 0 heterocycles. The lowest BCUT2D eigenvalue weighted by atomic mass is 9.97. The summed E-state index contributed by atoms with van der Waals surface area (Å²) in [5, 5.41) is 0. The minimum atomic E-state index is -1.03. The summed E-state index contributed by atoms with van der Waals surface area (Å²) in [6.45, 7) is 1.84. The Hall–Kier alpha value is -1.84. The van der Waals surface area contributed by atoms with Gasteiger partial charge >= 0.3 is 0 Å². The van der Waals surface area contributed by atoms with Gasteiger partial charge in [-0.05, 0) is 19.1 Å². The first-order valence-electron chi connectivity index (χ1n) is 5.97. The number of rotatable bonds is 4. The molecule has 0 aliphatic heterocycles. The maximum atomic E-state index is 6.35. The van der Waals surface area contributed by atoms with Gasteiger partial charge < -0.3 is 10.5 Å². The molecule has 2 atom stereocenters. The van der Waals surface area contributed by atoms with Crippen molar-refractivity contribution in [2.75, 3.05) is 0 Å². The number of hydrogen-bond acceptors (Lipinski definition) is 3. The third-order valence-electron chi connectivity index (χ3n) is 2.93. The fourth-order valence-electron chi connectivity index (χ4n) is 1.80. The third kappa shape index (κ3) is 2.53. The Kier molecular flexibility index (Phi) is 3.65. The normalized spacial score (nSPS) is 15.7. The molecular formula is C15H18N2O. The molecule has 3 heteroatoms. The largest absolute Gasteiger partial charge is 0.467 e. The first kappa shape index (κ1) is 12.6. The molecule has 0 aliphatic rings. The van der Waals surface area contributed by atoms with E-state index >= 15 is 0 Å². The predicted molar refractivity (Wildman–Crippen MR) is 73.0 cm³/mol. The number of hydrogen-bond donors (Lipinski definition) is 2. The zero-order valence-electron chi connectivity index (χ0n) is 10.4. The van der Waals surface area contributed by atoms with E-state index in [1.54, 1.807) is 0 Å². The highest BCUT2D eigenvalue weighted by molar-refractivity contribution is 5.28. The highest BCUT2D eigenvalue weighted by atomic mass is 16.5. The van der Waals surface area contributed by atoms with Crippen molar-refractivity contribution in [3.8, 4) is 5.75 Å². The number of benzene rings is 2. The number of ether oxygens (including phenoxy) is 1. The van der Waals surface area contributed by atoms with E-state index in [9.17, 15) is 0 Å². The molecule has 0 saturated heterocycles. The molecule has 2 aromatic rings. The molecule has 2 rings (SSSR count). The fraction of sp³-hybridized carbons (Fsp3) is 0.200. The lowest BCUT2D eigenvalue weighted by Crippen LogP contribution is -2.55. The second kappa shape index (κ2) is 5.21. The minimum absolute atomic E-state index is 0.333. The molecule has 94 valence electrons. The molecule has 4 N–H and O–H groups in total. The van der Waals surface area contributed by atoms with E-state index in [0.717, 1.165) is 5.56 Å². The quantitative estimate of drug-likeness (QED) is 0.808. The third-order valence-corrected chi connectivity index (χ3v) is 2.93. The highest BCUT2D eigenvalue weighted by Crippen LogP contribution is 2.25. The van der Waals surface area contributed by atoms with Gasteiger partial charge in [0.1, 0.15) is 5.75 Å². The Morgan fingerprint density at radius 3 is 1.94 bits per heavy atom. The van der Waals surface area contributed by atoms with Crippen LogP contribution in [-0.2, 0) is 5.72 Å². The zero-order valence-corrected chi connectivity index (χ0v) is 10.4.